The van der Waals surface area contributed by atoms with Gasteiger partial charge in [-0.05, 0) is 50.6 Å². The van der Waals surface area contributed by atoms with Crippen LogP contribution in [0.1, 0.15) is 17.5 Å². The predicted octanol–water partition coefficient (Wildman–Crippen LogP) is 0.727. The lowest BCUT2D eigenvalue weighted by atomic mass is 9.57. The fourth-order valence-electron chi connectivity index (χ4n) is 5.21. The number of Topliss-reactive ketones (excluding diaryl/α,β-unsaturated/α-hetero) is 2. The van der Waals surface area contributed by atoms with Crippen LogP contribution in [0.25, 0.3) is 5.76 Å². The minimum atomic E-state index is -2.62. The van der Waals surface area contributed by atoms with Crippen LogP contribution in [0, 0.1) is 11.8 Å². The number of hydrogen-bond acceptors (Lipinski definition) is 8. The molecular weight excluding hydrogens is 472 g/mol. The molecule has 1 saturated carbocycles. The second kappa shape index (κ2) is 6.91. The van der Waals surface area contributed by atoms with Crippen LogP contribution in [-0.2, 0) is 20.8 Å². The van der Waals surface area contributed by atoms with Gasteiger partial charge in [0.05, 0.1) is 11.6 Å². The molecule has 31 heavy (non-hydrogen) atoms. The number of amides is 1. The predicted molar refractivity (Wildman–Crippen MR) is 112 cm³/mol. The molecule has 0 aromatic heterocycles. The molecule has 6 N–H and O–H groups in total. The number of primary amides is 1. The van der Waals surface area contributed by atoms with Crippen molar-refractivity contribution in [2.45, 2.75) is 24.5 Å². The first kappa shape index (κ1) is 21.5. The van der Waals surface area contributed by atoms with Crippen LogP contribution in [0.5, 0.6) is 5.75 Å². The van der Waals surface area contributed by atoms with E-state index >= 15 is 0 Å². The van der Waals surface area contributed by atoms with E-state index < -0.39 is 58.0 Å². The number of likely N-dealkylation sites (N-methyl/N-ethyl adjacent to an activating group) is 1. The number of aliphatic hydroxyl groups is 3. The Bertz CT molecular complexity index is 1120. The number of nitrogens with zero attached hydrogens (tertiary/aromatic N) is 1. The summed E-state index contributed by atoms with van der Waals surface area (Å²) < 4.78 is 0.627. The van der Waals surface area contributed by atoms with Crippen molar-refractivity contribution in [2.24, 2.45) is 17.6 Å². The van der Waals surface area contributed by atoms with Gasteiger partial charge in [0.1, 0.15) is 22.8 Å². The smallest absolute Gasteiger partial charge is 0.255 e. The summed E-state index contributed by atoms with van der Waals surface area (Å²) in [6, 6.07) is 1.88. The van der Waals surface area contributed by atoms with Gasteiger partial charge in [0, 0.05) is 16.0 Å². The lowest BCUT2D eigenvalue weighted by molar-refractivity contribution is -0.153. The number of nitrogens with two attached hydrogens (primary N) is 1. The highest BCUT2D eigenvalue weighted by atomic mass is 79.9. The lowest BCUT2D eigenvalue weighted by Gasteiger charge is -2.50. The Labute approximate surface area is 185 Å². The number of ketones is 2. The van der Waals surface area contributed by atoms with Gasteiger partial charge in [-0.2, -0.15) is 0 Å². The third-order valence-corrected chi connectivity index (χ3v) is 7.29. The van der Waals surface area contributed by atoms with E-state index in [9.17, 15) is 34.8 Å². The Balaban J connectivity index is 1.99. The van der Waals surface area contributed by atoms with Crippen molar-refractivity contribution in [3.8, 4) is 5.75 Å². The number of hydrogen-bond donors (Lipinski definition) is 5. The summed E-state index contributed by atoms with van der Waals surface area (Å²) in [6.45, 7) is 0. The first-order valence-electron chi connectivity index (χ1n) is 9.58. The number of halogens is 1. The Hall–Kier alpha value is -2.69. The maximum absolute atomic E-state index is 13.5. The van der Waals surface area contributed by atoms with E-state index in [4.69, 9.17) is 5.73 Å². The molecule has 3 aliphatic carbocycles. The molecule has 4 unspecified atom stereocenters. The Morgan fingerprint density at radius 2 is 1.87 bits per heavy atom. The van der Waals surface area contributed by atoms with Crippen molar-refractivity contribution in [3.05, 3.63) is 44.6 Å². The van der Waals surface area contributed by atoms with Gasteiger partial charge in [0.25, 0.3) is 5.91 Å². The second-order valence-corrected chi connectivity index (χ2v) is 9.24. The average Bonchev–Trinajstić information content (AvgIpc) is 2.67. The maximum Gasteiger partial charge on any atom is 0.255 e. The Morgan fingerprint density at radius 3 is 2.45 bits per heavy atom. The molecule has 0 saturated heterocycles. The quantitative estimate of drug-likeness (QED) is 0.377. The molecule has 0 aliphatic heterocycles. The molecule has 4 atom stereocenters. The number of aliphatic hydroxyl groups excluding tert-OH is 2. The summed E-state index contributed by atoms with van der Waals surface area (Å²) in [5.74, 6) is -6.56. The number of carbonyl (C=O) groups excluding carboxylic acids is 3. The van der Waals surface area contributed by atoms with Gasteiger partial charge in [-0.25, -0.2) is 0 Å². The van der Waals surface area contributed by atoms with Gasteiger partial charge in [-0.15, -0.1) is 0 Å². The van der Waals surface area contributed by atoms with Crippen molar-refractivity contribution in [1.82, 2.24) is 4.90 Å². The van der Waals surface area contributed by atoms with E-state index in [1.54, 1.807) is 20.2 Å². The number of aromatic hydroxyl groups is 1. The maximum atomic E-state index is 13.5. The van der Waals surface area contributed by atoms with Crippen molar-refractivity contribution in [3.63, 3.8) is 0 Å². The Kier molecular flexibility index (Phi) is 4.80. The van der Waals surface area contributed by atoms with Crippen LogP contribution in [-0.4, -0.2) is 68.5 Å². The van der Waals surface area contributed by atoms with Crippen molar-refractivity contribution in [1.29, 1.82) is 0 Å². The van der Waals surface area contributed by atoms with Crippen LogP contribution in [0.4, 0.5) is 0 Å². The molecule has 4 rings (SSSR count). The normalized spacial score (nSPS) is 30.3. The number of fused-ring (bicyclic) bond motifs is 3. The summed E-state index contributed by atoms with van der Waals surface area (Å²) in [5.41, 5.74) is 2.32. The van der Waals surface area contributed by atoms with Gasteiger partial charge in [-0.3, -0.25) is 19.3 Å². The minimum Gasteiger partial charge on any atom is -0.508 e. The summed E-state index contributed by atoms with van der Waals surface area (Å²) in [6.07, 6.45) is 0.317. The zero-order chi connectivity index (χ0) is 23.0. The van der Waals surface area contributed by atoms with Crippen LogP contribution in [0.3, 0.4) is 0 Å². The van der Waals surface area contributed by atoms with E-state index in [2.05, 4.69) is 15.9 Å². The molecule has 10 heteroatoms. The molecule has 164 valence electrons. The van der Waals surface area contributed by atoms with Gasteiger partial charge < -0.3 is 26.2 Å². The fourth-order valence-corrected chi connectivity index (χ4v) is 5.70. The fraction of sp³-hybridized carbons (Fsp3) is 0.381. The van der Waals surface area contributed by atoms with E-state index in [-0.39, 0.29) is 29.7 Å². The molecule has 1 fully saturated rings. The van der Waals surface area contributed by atoms with Gasteiger partial charge in [0.15, 0.2) is 11.4 Å². The summed E-state index contributed by atoms with van der Waals surface area (Å²) in [7, 11) is 3.12. The second-order valence-electron chi connectivity index (χ2n) is 8.38. The monoisotopic (exact) mass is 492 g/mol. The highest BCUT2D eigenvalue weighted by Gasteiger charge is 2.64. The highest BCUT2D eigenvalue weighted by molar-refractivity contribution is 9.10. The van der Waals surface area contributed by atoms with Crippen molar-refractivity contribution >= 4 is 39.2 Å². The number of carbonyl (C=O) groups is 3. The molecule has 0 radical (unpaired) electrons. The van der Waals surface area contributed by atoms with Crippen LogP contribution >= 0.6 is 15.9 Å². The van der Waals surface area contributed by atoms with Crippen molar-refractivity contribution in [2.75, 3.05) is 14.1 Å². The van der Waals surface area contributed by atoms with Gasteiger partial charge >= 0.3 is 0 Å². The largest absolute Gasteiger partial charge is 0.508 e. The summed E-state index contributed by atoms with van der Waals surface area (Å²) in [4.78, 5) is 39.9. The molecular formula is C21H21BrN2O7. The molecule has 3 aliphatic rings. The number of benzene rings is 1. The molecule has 1 aromatic rings. The molecule has 0 heterocycles. The number of phenolic OH excluding ortho intramolecular Hbond substituents is 1. The first-order chi connectivity index (χ1) is 14.4. The third kappa shape index (κ3) is 2.71. The standard InChI is InChI=1S/C21H21BrN2O7/c1-24(2)15-9-6-7-5-8-10(22)3-4-11(25)13(8)16(26)12(7)18(28)21(9,31)19(29)14(17(15)27)20(23)30/h3-4,7,9,15,25-26,29,31H,5-6H2,1-2H3,(H2,23,30). The van der Waals surface area contributed by atoms with Gasteiger partial charge in [0.2, 0.25) is 5.78 Å². The van der Waals surface area contributed by atoms with Crippen molar-refractivity contribution < 1.29 is 34.8 Å². The van der Waals surface area contributed by atoms with Crippen LogP contribution < -0.4 is 5.73 Å². The number of phenols is 1. The lowest BCUT2D eigenvalue weighted by Crippen LogP contribution is -2.65. The molecule has 9 nitrogen and oxygen atoms in total. The highest BCUT2D eigenvalue weighted by Crippen LogP contribution is 2.53. The first-order valence-corrected chi connectivity index (χ1v) is 10.4. The van der Waals surface area contributed by atoms with Crippen LogP contribution in [0.2, 0.25) is 0 Å². The van der Waals surface area contributed by atoms with E-state index in [1.165, 1.54) is 11.0 Å². The third-order valence-electron chi connectivity index (χ3n) is 6.55. The zero-order valence-electron chi connectivity index (χ0n) is 16.7. The van der Waals surface area contributed by atoms with Crippen LogP contribution in [0.15, 0.2) is 33.5 Å². The topological polar surface area (TPSA) is 161 Å². The molecule has 1 aromatic carbocycles. The molecule has 0 bridgehead atoms. The van der Waals surface area contributed by atoms with E-state index in [0.29, 0.717) is 10.0 Å². The molecule has 0 spiro atoms. The van der Waals surface area contributed by atoms with E-state index in [0.717, 1.165) is 0 Å². The summed E-state index contributed by atoms with van der Waals surface area (Å²) in [5, 5.41) is 43.4. The zero-order valence-corrected chi connectivity index (χ0v) is 18.3. The SMILES string of the molecule is CN(C)C1C(=O)C(C(N)=O)=C(O)C2(O)C(=O)C3=C(O)c4c(O)ccc(Br)c4CC3CC12. The molecule has 1 amide bonds. The Morgan fingerprint density at radius 1 is 1.23 bits per heavy atom. The summed E-state index contributed by atoms with van der Waals surface area (Å²) >= 11 is 3.39. The average molecular weight is 493 g/mol. The van der Waals surface area contributed by atoms with Gasteiger partial charge in [-0.1, -0.05) is 15.9 Å². The minimum absolute atomic E-state index is 0.0608. The number of rotatable bonds is 2. The van der Waals surface area contributed by atoms with E-state index in [1.807, 2.05) is 0 Å².